The van der Waals surface area contributed by atoms with Gasteiger partial charge in [0.1, 0.15) is 0 Å². The molecule has 17 heavy (non-hydrogen) atoms. The summed E-state index contributed by atoms with van der Waals surface area (Å²) in [5.74, 6) is -2.24. The molecule has 2 atom stereocenters. The predicted octanol–water partition coefficient (Wildman–Crippen LogP) is 1.76. The topological polar surface area (TPSA) is 41.1 Å². The lowest BCUT2D eigenvalue weighted by molar-refractivity contribution is -0.120. The van der Waals surface area contributed by atoms with Gasteiger partial charge in [-0.25, -0.2) is 8.78 Å². The molecule has 0 saturated carbocycles. The van der Waals surface area contributed by atoms with Crippen LogP contribution in [0.15, 0.2) is 18.2 Å². The first-order valence-corrected chi connectivity index (χ1v) is 5.55. The van der Waals surface area contributed by atoms with E-state index in [0.717, 1.165) is 12.6 Å². The molecule has 0 aliphatic carbocycles. The number of rotatable bonds is 2. The lowest BCUT2D eigenvalue weighted by Gasteiger charge is -2.14. The molecule has 1 amide bonds. The van der Waals surface area contributed by atoms with Crippen molar-refractivity contribution in [1.82, 2.24) is 5.32 Å². The van der Waals surface area contributed by atoms with Crippen molar-refractivity contribution >= 4 is 11.6 Å². The Balaban J connectivity index is 2.10. The Morgan fingerprint density at radius 1 is 1.41 bits per heavy atom. The zero-order chi connectivity index (χ0) is 12.4. The fourth-order valence-corrected chi connectivity index (χ4v) is 1.99. The lowest BCUT2D eigenvalue weighted by atomic mass is 9.97. The minimum atomic E-state index is -1.01. The van der Waals surface area contributed by atoms with Crippen molar-refractivity contribution in [3.8, 4) is 0 Å². The number of amides is 1. The molecule has 2 rings (SSSR count). The van der Waals surface area contributed by atoms with Gasteiger partial charge >= 0.3 is 0 Å². The molecule has 1 aromatic rings. The van der Waals surface area contributed by atoms with Gasteiger partial charge in [0.2, 0.25) is 5.91 Å². The van der Waals surface area contributed by atoms with Crippen molar-refractivity contribution in [3.63, 3.8) is 0 Å². The number of nitrogens with one attached hydrogen (secondary N) is 2. The standard InChI is InChI=1S/C12H14F2N2O/c1-7-5-15-6-8(7)12(17)16-10-4-2-3-9(13)11(10)14/h2-4,7-8,15H,5-6H2,1H3,(H,16,17). The maximum atomic E-state index is 13.3. The molecular formula is C12H14F2N2O. The van der Waals surface area contributed by atoms with Gasteiger partial charge in [-0.15, -0.1) is 0 Å². The van der Waals surface area contributed by atoms with Crippen LogP contribution in [0.25, 0.3) is 0 Å². The molecule has 1 fully saturated rings. The molecule has 0 radical (unpaired) electrons. The summed E-state index contributed by atoms with van der Waals surface area (Å²) in [6, 6.07) is 3.73. The summed E-state index contributed by atoms with van der Waals surface area (Å²) in [4.78, 5) is 11.8. The van der Waals surface area contributed by atoms with Crippen LogP contribution in [0, 0.1) is 23.5 Å². The van der Waals surface area contributed by atoms with E-state index in [9.17, 15) is 13.6 Å². The number of halogens is 2. The zero-order valence-corrected chi connectivity index (χ0v) is 9.47. The highest BCUT2D eigenvalue weighted by atomic mass is 19.2. The Morgan fingerprint density at radius 3 is 2.82 bits per heavy atom. The molecule has 2 unspecified atom stereocenters. The first-order chi connectivity index (χ1) is 8.09. The maximum absolute atomic E-state index is 13.3. The van der Waals surface area contributed by atoms with E-state index in [2.05, 4.69) is 10.6 Å². The number of carbonyl (C=O) groups is 1. The van der Waals surface area contributed by atoms with E-state index in [1.165, 1.54) is 12.1 Å². The lowest BCUT2D eigenvalue weighted by Crippen LogP contribution is -2.28. The summed E-state index contributed by atoms with van der Waals surface area (Å²) < 4.78 is 26.3. The van der Waals surface area contributed by atoms with E-state index < -0.39 is 11.6 Å². The molecule has 1 aliphatic rings. The van der Waals surface area contributed by atoms with Gasteiger partial charge in [-0.2, -0.15) is 0 Å². The van der Waals surface area contributed by atoms with Crippen LogP contribution in [0.1, 0.15) is 6.92 Å². The van der Waals surface area contributed by atoms with Crippen molar-refractivity contribution in [2.24, 2.45) is 11.8 Å². The van der Waals surface area contributed by atoms with Gasteiger partial charge in [-0.1, -0.05) is 13.0 Å². The van der Waals surface area contributed by atoms with Gasteiger partial charge in [-0.05, 0) is 24.6 Å². The normalized spacial score (nSPS) is 23.7. The monoisotopic (exact) mass is 240 g/mol. The fraction of sp³-hybridized carbons (Fsp3) is 0.417. The van der Waals surface area contributed by atoms with Gasteiger partial charge in [0.25, 0.3) is 0 Å². The first-order valence-electron chi connectivity index (χ1n) is 5.55. The summed E-state index contributed by atoms with van der Waals surface area (Å²) >= 11 is 0. The molecular weight excluding hydrogens is 226 g/mol. The third-order valence-corrected chi connectivity index (χ3v) is 3.06. The third-order valence-electron chi connectivity index (χ3n) is 3.06. The number of anilines is 1. The van der Waals surface area contributed by atoms with Gasteiger partial charge in [-0.3, -0.25) is 4.79 Å². The number of hydrogen-bond donors (Lipinski definition) is 2. The van der Waals surface area contributed by atoms with E-state index in [1.54, 1.807) is 0 Å². The van der Waals surface area contributed by atoms with Crippen LogP contribution in [-0.2, 0) is 4.79 Å². The molecule has 2 N–H and O–H groups in total. The SMILES string of the molecule is CC1CNCC1C(=O)Nc1cccc(F)c1F. The zero-order valence-electron chi connectivity index (χ0n) is 9.47. The molecule has 5 heteroatoms. The predicted molar refractivity (Wildman–Crippen MR) is 60.5 cm³/mol. The van der Waals surface area contributed by atoms with Crippen LogP contribution in [0.4, 0.5) is 14.5 Å². The van der Waals surface area contributed by atoms with E-state index in [4.69, 9.17) is 0 Å². The van der Waals surface area contributed by atoms with Crippen LogP contribution in [0.3, 0.4) is 0 Å². The smallest absolute Gasteiger partial charge is 0.229 e. The highest BCUT2D eigenvalue weighted by Gasteiger charge is 2.30. The van der Waals surface area contributed by atoms with Crippen molar-refractivity contribution < 1.29 is 13.6 Å². The van der Waals surface area contributed by atoms with E-state index in [-0.39, 0.29) is 23.4 Å². The Labute approximate surface area is 98.2 Å². The number of benzene rings is 1. The molecule has 1 aromatic carbocycles. The van der Waals surface area contributed by atoms with Gasteiger partial charge < -0.3 is 10.6 Å². The van der Waals surface area contributed by atoms with E-state index >= 15 is 0 Å². The van der Waals surface area contributed by atoms with Crippen LogP contribution in [-0.4, -0.2) is 19.0 Å². The second-order valence-corrected chi connectivity index (χ2v) is 4.33. The van der Waals surface area contributed by atoms with Gasteiger partial charge in [0.05, 0.1) is 11.6 Å². The first kappa shape index (κ1) is 12.0. The van der Waals surface area contributed by atoms with Crippen LogP contribution in [0.2, 0.25) is 0 Å². The summed E-state index contributed by atoms with van der Waals surface area (Å²) in [5, 5.41) is 5.52. The van der Waals surface area contributed by atoms with Crippen molar-refractivity contribution in [2.75, 3.05) is 18.4 Å². The van der Waals surface area contributed by atoms with Crippen molar-refractivity contribution in [3.05, 3.63) is 29.8 Å². The fourth-order valence-electron chi connectivity index (χ4n) is 1.99. The Kier molecular flexibility index (Phi) is 3.38. The highest BCUT2D eigenvalue weighted by Crippen LogP contribution is 2.21. The van der Waals surface area contributed by atoms with Crippen LogP contribution in [0.5, 0.6) is 0 Å². The summed E-state index contributed by atoms with van der Waals surface area (Å²) in [6.45, 7) is 3.29. The van der Waals surface area contributed by atoms with Crippen molar-refractivity contribution in [2.45, 2.75) is 6.92 Å². The second-order valence-electron chi connectivity index (χ2n) is 4.33. The van der Waals surface area contributed by atoms with E-state index in [0.29, 0.717) is 6.54 Å². The van der Waals surface area contributed by atoms with Crippen molar-refractivity contribution in [1.29, 1.82) is 0 Å². The Hall–Kier alpha value is -1.49. The summed E-state index contributed by atoms with van der Waals surface area (Å²) in [6.07, 6.45) is 0. The largest absolute Gasteiger partial charge is 0.323 e. The number of carbonyl (C=O) groups excluding carboxylic acids is 1. The second kappa shape index (κ2) is 4.79. The average molecular weight is 240 g/mol. The molecule has 0 spiro atoms. The molecule has 3 nitrogen and oxygen atoms in total. The van der Waals surface area contributed by atoms with E-state index in [1.807, 2.05) is 6.92 Å². The minimum Gasteiger partial charge on any atom is -0.323 e. The minimum absolute atomic E-state index is 0.103. The van der Waals surface area contributed by atoms with Crippen LogP contribution < -0.4 is 10.6 Å². The maximum Gasteiger partial charge on any atom is 0.229 e. The quantitative estimate of drug-likeness (QED) is 0.827. The summed E-state index contributed by atoms with van der Waals surface area (Å²) in [5.41, 5.74) is -0.103. The molecule has 1 heterocycles. The average Bonchev–Trinajstić information content (AvgIpc) is 2.71. The number of hydrogen-bond acceptors (Lipinski definition) is 2. The Morgan fingerprint density at radius 2 is 2.18 bits per heavy atom. The molecule has 0 aromatic heterocycles. The molecule has 1 saturated heterocycles. The third kappa shape index (κ3) is 2.44. The summed E-state index contributed by atoms with van der Waals surface area (Å²) in [7, 11) is 0. The molecule has 0 bridgehead atoms. The highest BCUT2D eigenvalue weighted by molar-refractivity contribution is 5.93. The Bertz CT molecular complexity index is 437. The molecule has 1 aliphatic heterocycles. The molecule has 92 valence electrons. The van der Waals surface area contributed by atoms with Crippen LogP contribution >= 0.6 is 0 Å². The van der Waals surface area contributed by atoms with Gasteiger partial charge in [0.15, 0.2) is 11.6 Å². The van der Waals surface area contributed by atoms with Gasteiger partial charge in [0, 0.05) is 6.54 Å².